The summed E-state index contributed by atoms with van der Waals surface area (Å²) in [7, 11) is 0. The van der Waals surface area contributed by atoms with Gasteiger partial charge in [0.05, 0.1) is 4.92 Å². The third-order valence-corrected chi connectivity index (χ3v) is 1.48. The first kappa shape index (κ1) is 8.45. The van der Waals surface area contributed by atoms with Gasteiger partial charge in [0.15, 0.2) is 5.75 Å². The molecular weight excluding hydrogens is 165 g/mol. The maximum Gasteiger partial charge on any atom is 0.311 e. The Hall–Kier alpha value is -1.65. The maximum atomic E-state index is 12.8. The van der Waals surface area contributed by atoms with E-state index in [2.05, 4.69) is 0 Å². The SMILES string of the molecule is Cc1ccc(O)c(F)c1[N+](=O)[O-]. The lowest BCUT2D eigenvalue weighted by Gasteiger charge is -1.99. The van der Waals surface area contributed by atoms with Crippen LogP contribution in [-0.2, 0) is 0 Å². The highest BCUT2D eigenvalue weighted by atomic mass is 19.1. The Morgan fingerprint density at radius 1 is 1.58 bits per heavy atom. The van der Waals surface area contributed by atoms with Crippen molar-refractivity contribution in [1.29, 1.82) is 0 Å². The number of phenols is 1. The largest absolute Gasteiger partial charge is 0.505 e. The molecule has 5 heteroatoms. The van der Waals surface area contributed by atoms with E-state index in [1.54, 1.807) is 0 Å². The quantitative estimate of drug-likeness (QED) is 0.517. The second-order valence-corrected chi connectivity index (χ2v) is 2.32. The summed E-state index contributed by atoms with van der Waals surface area (Å²) < 4.78 is 12.8. The van der Waals surface area contributed by atoms with Crippen LogP contribution in [0.1, 0.15) is 5.56 Å². The van der Waals surface area contributed by atoms with Gasteiger partial charge in [-0.05, 0) is 19.1 Å². The molecule has 1 rings (SSSR count). The van der Waals surface area contributed by atoms with Gasteiger partial charge in [-0.1, -0.05) is 0 Å². The van der Waals surface area contributed by atoms with Gasteiger partial charge in [0.2, 0.25) is 5.82 Å². The average molecular weight is 171 g/mol. The van der Waals surface area contributed by atoms with Crippen molar-refractivity contribution in [3.8, 4) is 5.75 Å². The molecule has 0 unspecified atom stereocenters. The average Bonchev–Trinajstić information content (AvgIpc) is 1.97. The van der Waals surface area contributed by atoms with Gasteiger partial charge in [-0.15, -0.1) is 0 Å². The molecule has 0 bridgehead atoms. The Morgan fingerprint density at radius 2 is 2.17 bits per heavy atom. The molecule has 0 saturated heterocycles. The van der Waals surface area contributed by atoms with E-state index in [1.807, 2.05) is 0 Å². The molecule has 4 nitrogen and oxygen atoms in total. The van der Waals surface area contributed by atoms with Crippen molar-refractivity contribution >= 4 is 5.69 Å². The lowest BCUT2D eigenvalue weighted by molar-refractivity contribution is -0.388. The van der Waals surface area contributed by atoms with E-state index in [0.717, 1.165) is 6.07 Å². The predicted molar refractivity (Wildman–Crippen MR) is 39.5 cm³/mol. The number of phenolic OH excluding ortho intramolecular Hbond substituents is 1. The fourth-order valence-corrected chi connectivity index (χ4v) is 0.875. The number of hydrogen-bond donors (Lipinski definition) is 1. The molecule has 0 aliphatic carbocycles. The van der Waals surface area contributed by atoms with E-state index in [-0.39, 0.29) is 5.56 Å². The van der Waals surface area contributed by atoms with Gasteiger partial charge in [-0.3, -0.25) is 10.1 Å². The van der Waals surface area contributed by atoms with Gasteiger partial charge in [-0.2, -0.15) is 4.39 Å². The highest BCUT2D eigenvalue weighted by molar-refractivity contribution is 5.46. The van der Waals surface area contributed by atoms with Crippen molar-refractivity contribution in [1.82, 2.24) is 0 Å². The van der Waals surface area contributed by atoms with Crippen LogP contribution >= 0.6 is 0 Å². The molecule has 0 fully saturated rings. The highest BCUT2D eigenvalue weighted by Crippen LogP contribution is 2.28. The fourth-order valence-electron chi connectivity index (χ4n) is 0.875. The van der Waals surface area contributed by atoms with Gasteiger partial charge in [0, 0.05) is 5.56 Å². The lowest BCUT2D eigenvalue weighted by Crippen LogP contribution is -1.95. The molecule has 0 aliphatic heterocycles. The number of nitro benzene ring substituents is 1. The third kappa shape index (κ3) is 1.20. The van der Waals surface area contributed by atoms with Crippen LogP contribution in [0.25, 0.3) is 0 Å². The minimum Gasteiger partial charge on any atom is -0.505 e. The van der Waals surface area contributed by atoms with Gasteiger partial charge >= 0.3 is 5.69 Å². The topological polar surface area (TPSA) is 63.4 Å². The molecule has 0 amide bonds. The van der Waals surface area contributed by atoms with Crippen molar-refractivity contribution in [2.24, 2.45) is 0 Å². The minimum absolute atomic E-state index is 0.190. The third-order valence-electron chi connectivity index (χ3n) is 1.48. The summed E-state index contributed by atoms with van der Waals surface area (Å²) in [5.74, 6) is -1.88. The highest BCUT2D eigenvalue weighted by Gasteiger charge is 2.20. The van der Waals surface area contributed by atoms with Crippen molar-refractivity contribution < 1.29 is 14.4 Å². The van der Waals surface area contributed by atoms with Crippen LogP contribution < -0.4 is 0 Å². The molecule has 0 spiro atoms. The van der Waals surface area contributed by atoms with Crippen LogP contribution in [0.3, 0.4) is 0 Å². The summed E-state index contributed by atoms with van der Waals surface area (Å²) in [4.78, 5) is 9.39. The number of rotatable bonds is 1. The van der Waals surface area contributed by atoms with Crippen LogP contribution in [0.15, 0.2) is 12.1 Å². The number of aryl methyl sites for hydroxylation is 1. The summed E-state index contributed by atoms with van der Waals surface area (Å²) in [6, 6.07) is 2.37. The molecule has 12 heavy (non-hydrogen) atoms. The minimum atomic E-state index is -1.18. The van der Waals surface area contributed by atoms with E-state index in [9.17, 15) is 14.5 Å². The Labute approximate surface area is 67.4 Å². The molecule has 0 radical (unpaired) electrons. The number of nitrogens with zero attached hydrogens (tertiary/aromatic N) is 1. The second kappa shape index (κ2) is 2.77. The lowest BCUT2D eigenvalue weighted by atomic mass is 10.2. The first-order valence-electron chi connectivity index (χ1n) is 3.16. The monoisotopic (exact) mass is 171 g/mol. The first-order chi connectivity index (χ1) is 5.54. The van der Waals surface area contributed by atoms with Crippen molar-refractivity contribution in [2.45, 2.75) is 6.92 Å². The number of nitro groups is 1. The second-order valence-electron chi connectivity index (χ2n) is 2.32. The molecular formula is C7H6FNO3. The zero-order valence-corrected chi connectivity index (χ0v) is 6.24. The Morgan fingerprint density at radius 3 is 2.58 bits per heavy atom. The molecule has 64 valence electrons. The van der Waals surface area contributed by atoms with E-state index in [0.29, 0.717) is 0 Å². The smallest absolute Gasteiger partial charge is 0.311 e. The van der Waals surface area contributed by atoms with Crippen LogP contribution in [0.2, 0.25) is 0 Å². The van der Waals surface area contributed by atoms with Crippen LogP contribution in [-0.4, -0.2) is 10.0 Å². The fraction of sp³-hybridized carbons (Fsp3) is 0.143. The van der Waals surface area contributed by atoms with E-state index < -0.39 is 22.2 Å². The summed E-state index contributed by atoms with van der Waals surface area (Å²) in [6.07, 6.45) is 0. The standard InChI is InChI=1S/C7H6FNO3/c1-4-2-3-5(10)6(8)7(4)9(11)12/h2-3,10H,1H3. The Kier molecular flexibility index (Phi) is 1.95. The number of aromatic hydroxyl groups is 1. The van der Waals surface area contributed by atoms with E-state index in [4.69, 9.17) is 5.11 Å². The first-order valence-corrected chi connectivity index (χ1v) is 3.16. The molecule has 0 atom stereocenters. The molecule has 0 saturated carbocycles. The van der Waals surface area contributed by atoms with Gasteiger partial charge in [0.25, 0.3) is 0 Å². The Bertz CT molecular complexity index is 338. The normalized spacial score (nSPS) is 9.83. The van der Waals surface area contributed by atoms with Crippen LogP contribution in [0.4, 0.5) is 10.1 Å². The Balaban J connectivity index is 3.43. The predicted octanol–water partition coefficient (Wildman–Crippen LogP) is 1.75. The number of halogens is 1. The summed E-state index contributed by atoms with van der Waals surface area (Å²) in [5, 5.41) is 19.0. The van der Waals surface area contributed by atoms with Crippen LogP contribution in [0, 0.1) is 22.9 Å². The summed E-state index contributed by atoms with van der Waals surface area (Å²) >= 11 is 0. The van der Waals surface area contributed by atoms with Crippen LogP contribution in [0.5, 0.6) is 5.75 Å². The molecule has 0 aromatic heterocycles. The summed E-state index contributed by atoms with van der Waals surface area (Å²) in [6.45, 7) is 1.40. The molecule has 0 heterocycles. The number of benzene rings is 1. The van der Waals surface area contributed by atoms with Gasteiger partial charge in [-0.25, -0.2) is 0 Å². The van der Waals surface area contributed by atoms with Crippen molar-refractivity contribution in [3.63, 3.8) is 0 Å². The van der Waals surface area contributed by atoms with Crippen molar-refractivity contribution in [3.05, 3.63) is 33.6 Å². The van der Waals surface area contributed by atoms with Gasteiger partial charge in [0.1, 0.15) is 0 Å². The van der Waals surface area contributed by atoms with Crippen molar-refractivity contribution in [2.75, 3.05) is 0 Å². The molecule has 1 N–H and O–H groups in total. The van der Waals surface area contributed by atoms with E-state index >= 15 is 0 Å². The number of hydrogen-bond acceptors (Lipinski definition) is 3. The molecule has 0 aliphatic rings. The van der Waals surface area contributed by atoms with Gasteiger partial charge < -0.3 is 5.11 Å². The van der Waals surface area contributed by atoms with E-state index in [1.165, 1.54) is 13.0 Å². The zero-order valence-electron chi connectivity index (χ0n) is 6.24. The molecule has 1 aromatic rings. The zero-order chi connectivity index (χ0) is 9.30. The summed E-state index contributed by atoms with van der Waals surface area (Å²) in [5.41, 5.74) is -0.481. The maximum absolute atomic E-state index is 12.8. The molecule has 1 aromatic carbocycles.